The Kier molecular flexibility index (Phi) is 6.55. The average molecular weight is 144 g/mol. The summed E-state index contributed by atoms with van der Waals surface area (Å²) >= 11 is 0. The molecule has 0 unspecified atom stereocenters. The van der Waals surface area contributed by atoms with Crippen LogP contribution >= 0.6 is 0 Å². The third kappa shape index (κ3) is 4.53. The van der Waals surface area contributed by atoms with Gasteiger partial charge in [0.1, 0.15) is 0 Å². The van der Waals surface area contributed by atoms with Crippen LogP contribution in [0.3, 0.4) is 0 Å². The summed E-state index contributed by atoms with van der Waals surface area (Å²) in [5.74, 6) is 0. The minimum absolute atomic E-state index is 0.153. The van der Waals surface area contributed by atoms with Gasteiger partial charge in [-0.05, 0) is 26.8 Å². The topological polar surface area (TPSA) is 18.5 Å². The van der Waals surface area contributed by atoms with Crippen LogP contribution in [0.15, 0.2) is 12.2 Å². The lowest BCUT2D eigenvalue weighted by Gasteiger charge is -2.11. The number of rotatable bonds is 5. The van der Waals surface area contributed by atoms with Crippen molar-refractivity contribution in [2.24, 2.45) is 0 Å². The van der Waals surface area contributed by atoms with E-state index in [0.717, 1.165) is 0 Å². The smallest absolute Gasteiger partial charge is 0.176 e. The molecule has 0 aliphatic heterocycles. The Balaban J connectivity index is 3.50. The lowest BCUT2D eigenvalue weighted by Crippen LogP contribution is -2.13. The Morgan fingerprint density at radius 2 is 1.70 bits per heavy atom. The monoisotopic (exact) mass is 144 g/mol. The maximum atomic E-state index is 5.21. The van der Waals surface area contributed by atoms with Gasteiger partial charge in [0.2, 0.25) is 0 Å². The number of hydrogen-bond acceptors (Lipinski definition) is 2. The summed E-state index contributed by atoms with van der Waals surface area (Å²) in [5.41, 5.74) is 0. The molecule has 0 bridgehead atoms. The van der Waals surface area contributed by atoms with Crippen LogP contribution in [-0.2, 0) is 9.47 Å². The van der Waals surface area contributed by atoms with Gasteiger partial charge in [0.25, 0.3) is 0 Å². The number of allylic oxidation sites excluding steroid dienone is 1. The molecule has 0 saturated carbocycles. The summed E-state index contributed by atoms with van der Waals surface area (Å²) in [6.45, 7) is 7.24. The standard InChI is InChI=1S/C8H16O2/c1-4-7-8(9-5-2)10-6-3/h4,7-8H,5-6H2,1-3H3. The Hall–Kier alpha value is -0.340. The molecule has 2 heteroatoms. The van der Waals surface area contributed by atoms with Crippen LogP contribution in [0.2, 0.25) is 0 Å². The van der Waals surface area contributed by atoms with Crippen molar-refractivity contribution in [1.82, 2.24) is 0 Å². The highest BCUT2D eigenvalue weighted by molar-refractivity contribution is 4.80. The molecule has 0 N–H and O–H groups in total. The second-order valence-corrected chi connectivity index (χ2v) is 1.80. The van der Waals surface area contributed by atoms with E-state index >= 15 is 0 Å². The molecule has 0 rings (SSSR count). The molecule has 0 heterocycles. The van der Waals surface area contributed by atoms with E-state index < -0.39 is 0 Å². The minimum atomic E-state index is -0.153. The van der Waals surface area contributed by atoms with E-state index in [-0.39, 0.29) is 6.29 Å². The first-order chi connectivity index (χ1) is 4.85. The molecule has 0 aromatic carbocycles. The van der Waals surface area contributed by atoms with Crippen molar-refractivity contribution >= 4 is 0 Å². The first-order valence-corrected chi connectivity index (χ1v) is 3.71. The van der Waals surface area contributed by atoms with Gasteiger partial charge in [-0.15, -0.1) is 0 Å². The highest BCUT2D eigenvalue weighted by Crippen LogP contribution is 1.95. The Morgan fingerprint density at radius 3 is 2.00 bits per heavy atom. The average Bonchev–Trinajstić information content (AvgIpc) is 1.90. The van der Waals surface area contributed by atoms with Gasteiger partial charge in [-0.25, -0.2) is 0 Å². The minimum Gasteiger partial charge on any atom is -0.349 e. The molecule has 0 aromatic rings. The molecule has 2 nitrogen and oxygen atoms in total. The van der Waals surface area contributed by atoms with E-state index in [4.69, 9.17) is 9.47 Å². The van der Waals surface area contributed by atoms with E-state index in [0.29, 0.717) is 13.2 Å². The SMILES string of the molecule is CC=CC(OCC)OCC. The zero-order chi connectivity index (χ0) is 7.82. The van der Waals surface area contributed by atoms with Crippen molar-refractivity contribution in [2.45, 2.75) is 27.1 Å². The lowest BCUT2D eigenvalue weighted by molar-refractivity contribution is -0.103. The molecule has 0 saturated heterocycles. The van der Waals surface area contributed by atoms with Crippen LogP contribution in [0.5, 0.6) is 0 Å². The third-order valence-corrected chi connectivity index (χ3v) is 1.01. The van der Waals surface area contributed by atoms with Crippen LogP contribution in [-0.4, -0.2) is 19.5 Å². The van der Waals surface area contributed by atoms with Gasteiger partial charge in [0.15, 0.2) is 6.29 Å². The molecule has 0 aliphatic rings. The fourth-order valence-electron chi connectivity index (χ4n) is 0.645. The summed E-state index contributed by atoms with van der Waals surface area (Å²) in [6.07, 6.45) is 3.67. The van der Waals surface area contributed by atoms with Crippen LogP contribution in [0.1, 0.15) is 20.8 Å². The van der Waals surface area contributed by atoms with Crippen LogP contribution < -0.4 is 0 Å². The van der Waals surface area contributed by atoms with Crippen molar-refractivity contribution in [3.05, 3.63) is 12.2 Å². The fourth-order valence-corrected chi connectivity index (χ4v) is 0.645. The molecule has 60 valence electrons. The second kappa shape index (κ2) is 6.78. The van der Waals surface area contributed by atoms with Crippen molar-refractivity contribution in [3.8, 4) is 0 Å². The predicted molar refractivity (Wildman–Crippen MR) is 41.9 cm³/mol. The highest BCUT2D eigenvalue weighted by Gasteiger charge is 1.99. The first-order valence-electron chi connectivity index (χ1n) is 3.71. The molecule has 0 radical (unpaired) electrons. The normalized spacial score (nSPS) is 11.6. The van der Waals surface area contributed by atoms with Gasteiger partial charge in [0, 0.05) is 13.2 Å². The Morgan fingerprint density at radius 1 is 1.20 bits per heavy atom. The van der Waals surface area contributed by atoms with E-state index in [1.54, 1.807) is 0 Å². The predicted octanol–water partition coefficient (Wildman–Crippen LogP) is 1.96. The van der Waals surface area contributed by atoms with Crippen LogP contribution in [0, 0.1) is 0 Å². The Labute approximate surface area is 62.8 Å². The zero-order valence-corrected chi connectivity index (χ0v) is 6.96. The van der Waals surface area contributed by atoms with E-state index in [1.807, 2.05) is 32.9 Å². The van der Waals surface area contributed by atoms with E-state index in [9.17, 15) is 0 Å². The summed E-state index contributed by atoms with van der Waals surface area (Å²) in [6, 6.07) is 0. The maximum Gasteiger partial charge on any atom is 0.176 e. The summed E-state index contributed by atoms with van der Waals surface area (Å²) in [4.78, 5) is 0. The van der Waals surface area contributed by atoms with Gasteiger partial charge < -0.3 is 9.47 Å². The van der Waals surface area contributed by atoms with Crippen molar-refractivity contribution in [2.75, 3.05) is 13.2 Å². The van der Waals surface area contributed by atoms with Crippen molar-refractivity contribution in [3.63, 3.8) is 0 Å². The van der Waals surface area contributed by atoms with Crippen LogP contribution in [0.25, 0.3) is 0 Å². The molecule has 0 aliphatic carbocycles. The molecule has 0 spiro atoms. The molecule has 0 atom stereocenters. The van der Waals surface area contributed by atoms with Gasteiger partial charge in [-0.2, -0.15) is 0 Å². The number of hydrogen-bond donors (Lipinski definition) is 0. The molecule has 10 heavy (non-hydrogen) atoms. The summed E-state index contributed by atoms with van der Waals surface area (Å²) in [5, 5.41) is 0. The lowest BCUT2D eigenvalue weighted by atomic mass is 10.5. The van der Waals surface area contributed by atoms with Crippen molar-refractivity contribution in [1.29, 1.82) is 0 Å². The number of ether oxygens (including phenoxy) is 2. The quantitative estimate of drug-likeness (QED) is 0.434. The Bertz CT molecular complexity index is 83.3. The van der Waals surface area contributed by atoms with Crippen LogP contribution in [0.4, 0.5) is 0 Å². The van der Waals surface area contributed by atoms with Gasteiger partial charge in [-0.1, -0.05) is 6.08 Å². The van der Waals surface area contributed by atoms with Gasteiger partial charge in [0.05, 0.1) is 0 Å². The molecular weight excluding hydrogens is 128 g/mol. The van der Waals surface area contributed by atoms with Crippen molar-refractivity contribution < 1.29 is 9.47 Å². The first kappa shape index (κ1) is 9.66. The molecule has 0 fully saturated rings. The third-order valence-electron chi connectivity index (χ3n) is 1.01. The zero-order valence-electron chi connectivity index (χ0n) is 6.96. The second-order valence-electron chi connectivity index (χ2n) is 1.80. The maximum absolute atomic E-state index is 5.21. The van der Waals surface area contributed by atoms with E-state index in [2.05, 4.69) is 0 Å². The molecule has 0 aromatic heterocycles. The molecular formula is C8H16O2. The fraction of sp³-hybridized carbons (Fsp3) is 0.750. The molecule has 0 amide bonds. The van der Waals surface area contributed by atoms with E-state index in [1.165, 1.54) is 0 Å². The van der Waals surface area contributed by atoms with Gasteiger partial charge >= 0.3 is 0 Å². The summed E-state index contributed by atoms with van der Waals surface area (Å²) < 4.78 is 10.4. The largest absolute Gasteiger partial charge is 0.349 e. The van der Waals surface area contributed by atoms with Gasteiger partial charge in [-0.3, -0.25) is 0 Å². The summed E-state index contributed by atoms with van der Waals surface area (Å²) in [7, 11) is 0. The highest BCUT2D eigenvalue weighted by atomic mass is 16.7.